The van der Waals surface area contributed by atoms with E-state index in [1.54, 1.807) is 11.8 Å². The number of thiol groups is 1. The number of carboxylic acid groups (broad SMARTS) is 1. The zero-order chi connectivity index (χ0) is 23.2. The Labute approximate surface area is 196 Å². The van der Waals surface area contributed by atoms with Crippen molar-refractivity contribution in [2.75, 3.05) is 30.9 Å². The van der Waals surface area contributed by atoms with Crippen LogP contribution >= 0.6 is 24.4 Å². The van der Waals surface area contributed by atoms with E-state index in [-0.39, 0.29) is 18.0 Å². The lowest BCUT2D eigenvalue weighted by molar-refractivity contribution is -0.142. The average Bonchev–Trinajstić information content (AvgIpc) is 2.75. The molecule has 176 valence electrons. The van der Waals surface area contributed by atoms with Crippen molar-refractivity contribution in [3.8, 4) is 0 Å². The van der Waals surface area contributed by atoms with Crippen molar-refractivity contribution in [3.63, 3.8) is 0 Å². The molecule has 31 heavy (non-hydrogen) atoms. The van der Waals surface area contributed by atoms with Crippen LogP contribution in [0.25, 0.3) is 0 Å². The molecule has 0 aliphatic heterocycles. The van der Waals surface area contributed by atoms with Gasteiger partial charge in [0.1, 0.15) is 6.04 Å². The summed E-state index contributed by atoms with van der Waals surface area (Å²) in [5.41, 5.74) is 6.98. The molecule has 0 saturated carbocycles. The van der Waals surface area contributed by atoms with Gasteiger partial charge < -0.3 is 26.8 Å². The number of aliphatic carboxylic acids is 1. The lowest BCUT2D eigenvalue weighted by Crippen LogP contribution is -2.55. The number of carbonyl (C=O) groups is 2. The van der Waals surface area contributed by atoms with Crippen LogP contribution in [0.2, 0.25) is 0 Å². The number of carboxylic acids is 1. The third-order valence-electron chi connectivity index (χ3n) is 5.09. The fraction of sp³-hybridized carbons (Fsp3) is 0.636. The first-order valence-corrected chi connectivity index (χ1v) is 12.7. The van der Waals surface area contributed by atoms with Gasteiger partial charge in [-0.3, -0.25) is 4.79 Å². The first kappa shape index (κ1) is 27.8. The summed E-state index contributed by atoms with van der Waals surface area (Å²) in [6.07, 6.45) is 2.78. The Morgan fingerprint density at radius 3 is 2.35 bits per heavy atom. The predicted octanol–water partition coefficient (Wildman–Crippen LogP) is 1.38. The standard InChI is InChI=1S/C22H38N4O3S2/c1-15(2)20(24-12-17(23)14-30)13-25-19(11-16-7-5-4-6-8-16)21(27)26-18(22(28)29)9-10-31-3/h4-8,15,17-20,24-25,30H,9-14,23H2,1-3H3,(H,26,27)(H,28,29)/t17?,18-,19?,20?/m0/s1. The van der Waals surface area contributed by atoms with E-state index in [1.165, 1.54) is 0 Å². The largest absolute Gasteiger partial charge is 0.480 e. The molecule has 0 bridgehead atoms. The van der Waals surface area contributed by atoms with Crippen molar-refractivity contribution in [1.29, 1.82) is 0 Å². The van der Waals surface area contributed by atoms with E-state index in [2.05, 4.69) is 42.4 Å². The number of amides is 1. The van der Waals surface area contributed by atoms with E-state index in [0.29, 0.717) is 43.4 Å². The molecule has 6 N–H and O–H groups in total. The normalized spacial score (nSPS) is 15.3. The summed E-state index contributed by atoms with van der Waals surface area (Å²) in [5, 5.41) is 19.0. The third kappa shape index (κ3) is 11.2. The van der Waals surface area contributed by atoms with Crippen molar-refractivity contribution in [2.24, 2.45) is 11.7 Å². The Kier molecular flexibility index (Phi) is 13.9. The van der Waals surface area contributed by atoms with Crippen LogP contribution in [-0.2, 0) is 16.0 Å². The summed E-state index contributed by atoms with van der Waals surface area (Å²) in [4.78, 5) is 24.6. The van der Waals surface area contributed by atoms with Gasteiger partial charge in [-0.1, -0.05) is 44.2 Å². The summed E-state index contributed by atoms with van der Waals surface area (Å²) in [7, 11) is 0. The minimum Gasteiger partial charge on any atom is -0.480 e. The van der Waals surface area contributed by atoms with Gasteiger partial charge >= 0.3 is 5.97 Å². The maximum absolute atomic E-state index is 13.0. The maximum atomic E-state index is 13.0. The molecule has 0 spiro atoms. The molecule has 0 heterocycles. The fourth-order valence-corrected chi connectivity index (χ4v) is 3.65. The second kappa shape index (κ2) is 15.5. The van der Waals surface area contributed by atoms with Gasteiger partial charge in [0.05, 0.1) is 6.04 Å². The zero-order valence-corrected chi connectivity index (χ0v) is 20.4. The van der Waals surface area contributed by atoms with Gasteiger partial charge in [0.25, 0.3) is 0 Å². The van der Waals surface area contributed by atoms with E-state index in [9.17, 15) is 14.7 Å². The van der Waals surface area contributed by atoms with Crippen molar-refractivity contribution >= 4 is 36.3 Å². The van der Waals surface area contributed by atoms with E-state index < -0.39 is 18.1 Å². The molecule has 1 aromatic carbocycles. The highest BCUT2D eigenvalue weighted by molar-refractivity contribution is 7.98. The molecular formula is C22H38N4O3S2. The van der Waals surface area contributed by atoms with Crippen LogP contribution in [0.3, 0.4) is 0 Å². The first-order chi connectivity index (χ1) is 14.8. The Balaban J connectivity index is 2.86. The molecule has 7 nitrogen and oxygen atoms in total. The molecule has 0 aromatic heterocycles. The molecule has 3 unspecified atom stereocenters. The third-order valence-corrected chi connectivity index (χ3v) is 6.20. The Hall–Kier alpha value is -1.26. The van der Waals surface area contributed by atoms with Gasteiger partial charge in [-0.2, -0.15) is 24.4 Å². The number of hydrogen-bond acceptors (Lipinski definition) is 7. The monoisotopic (exact) mass is 470 g/mol. The number of rotatable bonds is 16. The smallest absolute Gasteiger partial charge is 0.326 e. The molecule has 1 aromatic rings. The van der Waals surface area contributed by atoms with Crippen molar-refractivity contribution in [1.82, 2.24) is 16.0 Å². The average molecular weight is 471 g/mol. The number of nitrogens with one attached hydrogen (secondary N) is 3. The van der Waals surface area contributed by atoms with Gasteiger partial charge in [0.15, 0.2) is 0 Å². The van der Waals surface area contributed by atoms with E-state index in [4.69, 9.17) is 5.73 Å². The summed E-state index contributed by atoms with van der Waals surface area (Å²) in [6.45, 7) is 5.42. The lowest BCUT2D eigenvalue weighted by Gasteiger charge is -2.28. The zero-order valence-electron chi connectivity index (χ0n) is 18.7. The van der Waals surface area contributed by atoms with Crippen molar-refractivity contribution in [2.45, 2.75) is 50.9 Å². The summed E-state index contributed by atoms with van der Waals surface area (Å²) in [5.74, 6) is 0.277. The molecule has 0 fully saturated rings. The second-order valence-corrected chi connectivity index (χ2v) is 9.38. The number of nitrogens with two attached hydrogens (primary N) is 1. The van der Waals surface area contributed by atoms with E-state index in [1.807, 2.05) is 36.6 Å². The van der Waals surface area contributed by atoms with Crippen molar-refractivity contribution in [3.05, 3.63) is 35.9 Å². The number of hydrogen-bond donors (Lipinski definition) is 6. The quantitative estimate of drug-likeness (QED) is 0.202. The van der Waals surface area contributed by atoms with Crippen LogP contribution in [0.4, 0.5) is 0 Å². The lowest BCUT2D eigenvalue weighted by atomic mass is 10.0. The van der Waals surface area contributed by atoms with Gasteiger partial charge in [-0.25, -0.2) is 4.79 Å². The number of benzene rings is 1. The molecule has 0 radical (unpaired) electrons. The Bertz CT molecular complexity index is 649. The van der Waals surface area contributed by atoms with E-state index in [0.717, 1.165) is 5.56 Å². The minimum atomic E-state index is -1.01. The topological polar surface area (TPSA) is 116 Å². The highest BCUT2D eigenvalue weighted by Gasteiger charge is 2.26. The van der Waals surface area contributed by atoms with Crippen LogP contribution in [0.5, 0.6) is 0 Å². The first-order valence-electron chi connectivity index (χ1n) is 10.7. The Morgan fingerprint density at radius 2 is 1.81 bits per heavy atom. The van der Waals surface area contributed by atoms with Gasteiger partial charge in [-0.05, 0) is 36.3 Å². The molecule has 4 atom stereocenters. The molecule has 9 heteroatoms. The molecule has 0 saturated heterocycles. The van der Waals surface area contributed by atoms with Gasteiger partial charge in [-0.15, -0.1) is 0 Å². The van der Waals surface area contributed by atoms with Crippen LogP contribution in [0.15, 0.2) is 30.3 Å². The molecule has 1 rings (SSSR count). The fourth-order valence-electron chi connectivity index (χ4n) is 3.05. The number of thioether (sulfide) groups is 1. The second-order valence-electron chi connectivity index (χ2n) is 8.03. The summed E-state index contributed by atoms with van der Waals surface area (Å²) >= 11 is 5.78. The van der Waals surface area contributed by atoms with E-state index >= 15 is 0 Å². The number of carbonyl (C=O) groups excluding carboxylic acids is 1. The van der Waals surface area contributed by atoms with Crippen LogP contribution in [-0.4, -0.2) is 72.0 Å². The van der Waals surface area contributed by atoms with Gasteiger partial charge in [0, 0.05) is 30.9 Å². The summed E-state index contributed by atoms with van der Waals surface area (Å²) < 4.78 is 0. The van der Waals surface area contributed by atoms with Crippen molar-refractivity contribution < 1.29 is 14.7 Å². The predicted molar refractivity (Wildman–Crippen MR) is 133 cm³/mol. The molecular weight excluding hydrogens is 432 g/mol. The minimum absolute atomic E-state index is 0.0410. The molecule has 0 aliphatic rings. The van der Waals surface area contributed by atoms with Crippen LogP contribution in [0, 0.1) is 5.92 Å². The van der Waals surface area contributed by atoms with Gasteiger partial charge in [0.2, 0.25) is 5.91 Å². The Morgan fingerprint density at radius 1 is 1.13 bits per heavy atom. The molecule has 1 amide bonds. The van der Waals surface area contributed by atoms with Crippen LogP contribution in [0.1, 0.15) is 25.8 Å². The maximum Gasteiger partial charge on any atom is 0.326 e. The van der Waals surface area contributed by atoms with Crippen LogP contribution < -0.4 is 21.7 Å². The molecule has 0 aliphatic carbocycles. The summed E-state index contributed by atoms with van der Waals surface area (Å²) in [6, 6.07) is 8.36. The highest BCUT2D eigenvalue weighted by Crippen LogP contribution is 2.08. The highest BCUT2D eigenvalue weighted by atomic mass is 32.2. The SMILES string of the molecule is CSCC[C@H](NC(=O)C(Cc1ccccc1)NCC(NCC(N)CS)C(C)C)C(=O)O.